The molecule has 6 heteroatoms. The predicted octanol–water partition coefficient (Wildman–Crippen LogP) is 4.22. The van der Waals surface area contributed by atoms with E-state index in [-0.39, 0.29) is 0 Å². The van der Waals surface area contributed by atoms with Gasteiger partial charge in [0.15, 0.2) is 0 Å². The lowest BCUT2D eigenvalue weighted by Crippen LogP contribution is -2.08. The van der Waals surface area contributed by atoms with Gasteiger partial charge in [-0.2, -0.15) is 0 Å². The van der Waals surface area contributed by atoms with Crippen LogP contribution in [0.1, 0.15) is 23.4 Å². The molecule has 1 aliphatic heterocycles. The first-order valence-electron chi connectivity index (χ1n) is 8.93. The summed E-state index contributed by atoms with van der Waals surface area (Å²) in [4.78, 5) is 4.46. The molecule has 1 aromatic heterocycles. The third-order valence-electron chi connectivity index (χ3n) is 4.66. The molecule has 1 aliphatic rings. The number of benzene rings is 2. The molecule has 0 atom stereocenters. The molecular weight excluding hydrogens is 358 g/mol. The van der Waals surface area contributed by atoms with E-state index in [9.17, 15) is 8.42 Å². The van der Waals surface area contributed by atoms with Gasteiger partial charge in [-0.1, -0.05) is 42.0 Å². The first-order chi connectivity index (χ1) is 13.0. The van der Waals surface area contributed by atoms with Crippen LogP contribution in [-0.2, 0) is 23.0 Å². The number of imidazole rings is 1. The maximum absolute atomic E-state index is 12.4. The Labute approximate surface area is 159 Å². The second kappa shape index (κ2) is 7.04. The van der Waals surface area contributed by atoms with Crippen molar-refractivity contribution in [3.8, 4) is 11.3 Å². The van der Waals surface area contributed by atoms with Crippen molar-refractivity contribution in [1.29, 1.82) is 0 Å². The van der Waals surface area contributed by atoms with E-state index >= 15 is 0 Å². The van der Waals surface area contributed by atoms with E-state index in [1.165, 1.54) is 5.41 Å². The smallest absolute Gasteiger partial charge is 0.255 e. The Morgan fingerprint density at radius 2 is 1.96 bits per heavy atom. The molecule has 0 bridgehead atoms. The number of aromatic nitrogens is 2. The molecule has 2 heterocycles. The Balaban J connectivity index is 1.54. The van der Waals surface area contributed by atoms with Gasteiger partial charge in [0.2, 0.25) is 0 Å². The number of fused-ring (bicyclic) bond motifs is 1. The minimum absolute atomic E-state index is 0.537. The standard InChI is InChI=1S/C21H21N3O2S/c1-16-7-9-17(10-8-16)11-13-27(25,26)23-19-5-2-4-18(14-19)20-15-22-21-6-3-12-24(20)21/h2,4-5,7-11,13-15,23H,3,6,12H2,1H3/b13-11+. The van der Waals surface area contributed by atoms with Gasteiger partial charge in [-0.3, -0.25) is 4.72 Å². The highest BCUT2D eigenvalue weighted by Crippen LogP contribution is 2.27. The molecule has 5 nitrogen and oxygen atoms in total. The van der Waals surface area contributed by atoms with Crippen molar-refractivity contribution in [1.82, 2.24) is 9.55 Å². The predicted molar refractivity (Wildman–Crippen MR) is 109 cm³/mol. The monoisotopic (exact) mass is 379 g/mol. The number of anilines is 1. The van der Waals surface area contributed by atoms with E-state index in [4.69, 9.17) is 0 Å². The van der Waals surface area contributed by atoms with Gasteiger partial charge in [0.1, 0.15) is 5.82 Å². The average Bonchev–Trinajstić information content (AvgIpc) is 3.25. The van der Waals surface area contributed by atoms with Crippen LogP contribution in [0, 0.1) is 6.92 Å². The Kier molecular flexibility index (Phi) is 4.58. The van der Waals surface area contributed by atoms with Crippen LogP contribution in [0.15, 0.2) is 60.1 Å². The molecule has 0 unspecified atom stereocenters. The number of nitrogens with zero attached hydrogens (tertiary/aromatic N) is 2. The molecule has 0 amide bonds. The Morgan fingerprint density at radius 3 is 2.78 bits per heavy atom. The van der Waals surface area contributed by atoms with Gasteiger partial charge >= 0.3 is 0 Å². The number of aryl methyl sites for hydroxylation is 2. The summed E-state index contributed by atoms with van der Waals surface area (Å²) < 4.78 is 29.6. The summed E-state index contributed by atoms with van der Waals surface area (Å²) in [7, 11) is -3.59. The maximum Gasteiger partial charge on any atom is 0.255 e. The molecule has 0 fully saturated rings. The molecule has 138 valence electrons. The molecule has 0 saturated heterocycles. The summed E-state index contributed by atoms with van der Waals surface area (Å²) in [5, 5.41) is 1.20. The SMILES string of the molecule is Cc1ccc(/C=C/S(=O)(=O)Nc2cccc(-c3cnc4n3CCC4)c2)cc1. The van der Waals surface area contributed by atoms with Gasteiger partial charge in [0.25, 0.3) is 10.0 Å². The molecule has 27 heavy (non-hydrogen) atoms. The molecule has 4 rings (SSSR count). The van der Waals surface area contributed by atoms with Crippen LogP contribution in [0.5, 0.6) is 0 Å². The van der Waals surface area contributed by atoms with Crippen molar-refractivity contribution in [2.45, 2.75) is 26.3 Å². The maximum atomic E-state index is 12.4. The van der Waals surface area contributed by atoms with Crippen LogP contribution < -0.4 is 4.72 Å². The molecule has 0 saturated carbocycles. The van der Waals surface area contributed by atoms with Crippen LogP contribution in [0.4, 0.5) is 5.69 Å². The van der Waals surface area contributed by atoms with Crippen molar-refractivity contribution in [2.24, 2.45) is 0 Å². The minimum Gasteiger partial charge on any atom is -0.328 e. The normalized spacial score (nSPS) is 13.8. The fraction of sp³-hybridized carbons (Fsp3) is 0.190. The first kappa shape index (κ1) is 17.5. The zero-order valence-electron chi connectivity index (χ0n) is 15.1. The topological polar surface area (TPSA) is 64.0 Å². The molecule has 1 N–H and O–H groups in total. The van der Waals surface area contributed by atoms with Gasteiger partial charge in [-0.25, -0.2) is 13.4 Å². The quantitative estimate of drug-likeness (QED) is 0.722. The fourth-order valence-corrected chi connectivity index (χ4v) is 4.13. The molecule has 0 spiro atoms. The highest BCUT2D eigenvalue weighted by atomic mass is 32.2. The summed E-state index contributed by atoms with van der Waals surface area (Å²) in [6.45, 7) is 2.95. The molecule has 0 radical (unpaired) electrons. The van der Waals surface area contributed by atoms with Crippen LogP contribution in [0.3, 0.4) is 0 Å². The van der Waals surface area contributed by atoms with E-state index in [1.54, 1.807) is 12.1 Å². The van der Waals surface area contributed by atoms with Crippen molar-refractivity contribution in [3.05, 3.63) is 77.1 Å². The van der Waals surface area contributed by atoms with Gasteiger partial charge < -0.3 is 4.57 Å². The van der Waals surface area contributed by atoms with E-state index in [0.717, 1.165) is 47.6 Å². The second-order valence-corrected chi connectivity index (χ2v) is 8.32. The van der Waals surface area contributed by atoms with E-state index < -0.39 is 10.0 Å². The van der Waals surface area contributed by atoms with Crippen molar-refractivity contribution in [2.75, 3.05) is 4.72 Å². The molecule has 0 aliphatic carbocycles. The summed E-state index contributed by atoms with van der Waals surface area (Å²) in [5.74, 6) is 1.09. The van der Waals surface area contributed by atoms with Crippen LogP contribution >= 0.6 is 0 Å². The van der Waals surface area contributed by atoms with E-state index in [0.29, 0.717) is 5.69 Å². The number of rotatable bonds is 5. The lowest BCUT2D eigenvalue weighted by molar-refractivity contribution is 0.609. The highest BCUT2D eigenvalue weighted by molar-refractivity contribution is 7.95. The lowest BCUT2D eigenvalue weighted by Gasteiger charge is -2.09. The van der Waals surface area contributed by atoms with Crippen molar-refractivity contribution >= 4 is 21.8 Å². The van der Waals surface area contributed by atoms with Crippen LogP contribution in [0.2, 0.25) is 0 Å². The highest BCUT2D eigenvalue weighted by Gasteiger charge is 2.17. The van der Waals surface area contributed by atoms with Gasteiger partial charge in [-0.15, -0.1) is 0 Å². The average molecular weight is 379 g/mol. The fourth-order valence-electron chi connectivity index (χ4n) is 3.27. The summed E-state index contributed by atoms with van der Waals surface area (Å²) >= 11 is 0. The summed E-state index contributed by atoms with van der Waals surface area (Å²) in [6.07, 6.45) is 5.55. The van der Waals surface area contributed by atoms with Crippen LogP contribution in [-0.4, -0.2) is 18.0 Å². The Bertz CT molecular complexity index is 1100. The summed E-state index contributed by atoms with van der Waals surface area (Å²) in [5.41, 5.74) is 4.50. The summed E-state index contributed by atoms with van der Waals surface area (Å²) in [6, 6.07) is 15.1. The Morgan fingerprint density at radius 1 is 1.15 bits per heavy atom. The largest absolute Gasteiger partial charge is 0.328 e. The number of hydrogen-bond acceptors (Lipinski definition) is 3. The Hall–Kier alpha value is -2.86. The van der Waals surface area contributed by atoms with Crippen molar-refractivity contribution in [3.63, 3.8) is 0 Å². The minimum atomic E-state index is -3.59. The molecule has 3 aromatic rings. The number of nitrogens with one attached hydrogen (secondary N) is 1. The van der Waals surface area contributed by atoms with Gasteiger partial charge in [-0.05, 0) is 37.1 Å². The van der Waals surface area contributed by atoms with Gasteiger partial charge in [0.05, 0.1) is 17.3 Å². The third-order valence-corrected chi connectivity index (χ3v) is 5.67. The second-order valence-electron chi connectivity index (χ2n) is 6.76. The number of hydrogen-bond donors (Lipinski definition) is 1. The van der Waals surface area contributed by atoms with E-state index in [1.807, 2.05) is 55.6 Å². The molecule has 2 aromatic carbocycles. The van der Waals surface area contributed by atoms with E-state index in [2.05, 4.69) is 14.3 Å². The van der Waals surface area contributed by atoms with Crippen molar-refractivity contribution < 1.29 is 8.42 Å². The van der Waals surface area contributed by atoms with Crippen LogP contribution in [0.25, 0.3) is 17.3 Å². The zero-order chi connectivity index (χ0) is 18.9. The number of sulfonamides is 1. The molecular formula is C21H21N3O2S. The lowest BCUT2D eigenvalue weighted by atomic mass is 10.1. The third kappa shape index (κ3) is 3.95. The van der Waals surface area contributed by atoms with Gasteiger partial charge in [0, 0.05) is 24.2 Å². The first-order valence-corrected chi connectivity index (χ1v) is 10.5. The zero-order valence-corrected chi connectivity index (χ0v) is 15.9.